The summed E-state index contributed by atoms with van der Waals surface area (Å²) in [6.45, 7) is 5.95. The van der Waals surface area contributed by atoms with E-state index in [1.165, 1.54) is 0 Å². The van der Waals surface area contributed by atoms with Crippen molar-refractivity contribution in [3.63, 3.8) is 0 Å². The van der Waals surface area contributed by atoms with Gasteiger partial charge in [-0.3, -0.25) is 4.68 Å². The Labute approximate surface area is 127 Å². The fourth-order valence-corrected chi connectivity index (χ4v) is 3.06. The minimum Gasteiger partial charge on any atom is -0.461 e. The third kappa shape index (κ3) is 1.62. The summed E-state index contributed by atoms with van der Waals surface area (Å²) in [5.41, 5.74) is 10.5. The van der Waals surface area contributed by atoms with Crippen molar-refractivity contribution in [2.45, 2.75) is 20.8 Å². The molecule has 1 aromatic carbocycles. The molecule has 0 radical (unpaired) electrons. The first-order chi connectivity index (χ1) is 10.5. The van der Waals surface area contributed by atoms with Crippen LogP contribution in [0.15, 0.2) is 27.0 Å². The molecule has 0 aliphatic rings. The van der Waals surface area contributed by atoms with Crippen molar-refractivity contribution in [2.75, 3.05) is 5.73 Å². The summed E-state index contributed by atoms with van der Waals surface area (Å²) in [7, 11) is 1.83. The number of anilines is 1. The van der Waals surface area contributed by atoms with Gasteiger partial charge in [0, 0.05) is 29.4 Å². The van der Waals surface area contributed by atoms with Gasteiger partial charge in [0.25, 0.3) is 0 Å². The van der Waals surface area contributed by atoms with E-state index in [-0.39, 0.29) is 0 Å². The van der Waals surface area contributed by atoms with Crippen LogP contribution in [0.25, 0.3) is 33.2 Å². The number of fused-ring (bicyclic) bond motifs is 2. The summed E-state index contributed by atoms with van der Waals surface area (Å²) in [5.74, 6) is 2.35. The van der Waals surface area contributed by atoms with E-state index >= 15 is 0 Å². The Morgan fingerprint density at radius 3 is 2.23 bits per heavy atom. The highest BCUT2D eigenvalue weighted by atomic mass is 16.3. The quantitative estimate of drug-likeness (QED) is 0.574. The molecule has 0 saturated heterocycles. The number of aromatic nitrogens is 2. The summed E-state index contributed by atoms with van der Waals surface area (Å²) >= 11 is 0. The molecule has 0 unspecified atom stereocenters. The third-order valence-corrected chi connectivity index (χ3v) is 4.12. The second-order valence-corrected chi connectivity index (χ2v) is 5.78. The first kappa shape index (κ1) is 13.0. The normalized spacial score (nSPS) is 11.8. The minimum atomic E-state index is 0.611. The number of hydrogen-bond donors (Lipinski definition) is 1. The van der Waals surface area contributed by atoms with Gasteiger partial charge in [0.1, 0.15) is 28.5 Å². The predicted molar refractivity (Wildman–Crippen MR) is 86.8 cm³/mol. The fraction of sp³-hybridized carbons (Fsp3) is 0.235. The molecule has 0 aliphatic heterocycles. The number of furan rings is 2. The van der Waals surface area contributed by atoms with Gasteiger partial charge >= 0.3 is 0 Å². The predicted octanol–water partition coefficient (Wildman–Crippen LogP) is 4.09. The second-order valence-electron chi connectivity index (χ2n) is 5.78. The Balaban J connectivity index is 2.23. The van der Waals surface area contributed by atoms with Gasteiger partial charge in [-0.05, 0) is 32.9 Å². The average molecular weight is 295 g/mol. The number of nitrogens with two attached hydrogens (primary N) is 1. The van der Waals surface area contributed by atoms with Crippen LogP contribution < -0.4 is 5.73 Å². The van der Waals surface area contributed by atoms with Crippen LogP contribution in [0.4, 0.5) is 5.82 Å². The van der Waals surface area contributed by atoms with Gasteiger partial charge in [-0.1, -0.05) is 0 Å². The monoisotopic (exact) mass is 295 g/mol. The molecular weight excluding hydrogens is 278 g/mol. The number of nitrogens with zero attached hydrogens (tertiary/aromatic N) is 2. The first-order valence-electron chi connectivity index (χ1n) is 7.18. The third-order valence-electron chi connectivity index (χ3n) is 4.12. The van der Waals surface area contributed by atoms with Crippen LogP contribution in [-0.2, 0) is 7.05 Å². The van der Waals surface area contributed by atoms with Crippen LogP contribution in [0.3, 0.4) is 0 Å². The van der Waals surface area contributed by atoms with Crippen LogP contribution in [0, 0.1) is 20.8 Å². The lowest BCUT2D eigenvalue weighted by Gasteiger charge is -2.04. The molecule has 0 spiro atoms. The minimum absolute atomic E-state index is 0.611. The smallest absolute Gasteiger partial charge is 0.144 e. The highest BCUT2D eigenvalue weighted by Crippen LogP contribution is 2.41. The molecule has 5 heteroatoms. The summed E-state index contributed by atoms with van der Waals surface area (Å²) in [6, 6.07) is 5.93. The summed E-state index contributed by atoms with van der Waals surface area (Å²) < 4.78 is 13.5. The van der Waals surface area contributed by atoms with E-state index in [2.05, 4.69) is 12.0 Å². The summed E-state index contributed by atoms with van der Waals surface area (Å²) in [4.78, 5) is 0. The standard InChI is InChI=1S/C17H17N3O2/c1-8-5-11-10(3)16-12(6-9(2)21-16)15(17(11)22-8)13-7-14(18)20(4)19-13/h5-7H,18H2,1-4H3. The van der Waals surface area contributed by atoms with Crippen LogP contribution in [-0.4, -0.2) is 9.78 Å². The van der Waals surface area contributed by atoms with Crippen molar-refractivity contribution in [1.29, 1.82) is 0 Å². The van der Waals surface area contributed by atoms with Gasteiger partial charge in [-0.2, -0.15) is 5.10 Å². The Bertz CT molecular complexity index is 956. The molecule has 2 N–H and O–H groups in total. The lowest BCUT2D eigenvalue weighted by molar-refractivity contribution is 0.574. The highest BCUT2D eigenvalue weighted by molar-refractivity contribution is 6.11. The van der Waals surface area contributed by atoms with Crippen molar-refractivity contribution in [2.24, 2.45) is 7.05 Å². The van der Waals surface area contributed by atoms with Crippen molar-refractivity contribution in [3.8, 4) is 11.3 Å². The molecule has 0 amide bonds. The molecule has 22 heavy (non-hydrogen) atoms. The fourth-order valence-electron chi connectivity index (χ4n) is 3.06. The molecule has 4 aromatic rings. The Morgan fingerprint density at radius 2 is 1.59 bits per heavy atom. The van der Waals surface area contributed by atoms with E-state index in [4.69, 9.17) is 14.6 Å². The van der Waals surface area contributed by atoms with Crippen molar-refractivity contribution in [3.05, 3.63) is 35.3 Å². The van der Waals surface area contributed by atoms with Crippen molar-refractivity contribution >= 4 is 27.8 Å². The molecule has 112 valence electrons. The first-order valence-corrected chi connectivity index (χ1v) is 7.18. The lowest BCUT2D eigenvalue weighted by atomic mass is 10.00. The van der Waals surface area contributed by atoms with E-state index in [0.717, 1.165) is 50.3 Å². The SMILES string of the molecule is Cc1cc2c(-c3cc(N)n(C)n3)c3oc(C)cc3c(C)c2o1. The number of hydrogen-bond acceptors (Lipinski definition) is 4. The van der Waals surface area contributed by atoms with Crippen LogP contribution in [0.1, 0.15) is 17.1 Å². The van der Waals surface area contributed by atoms with E-state index in [9.17, 15) is 0 Å². The average Bonchev–Trinajstić information content (AvgIpc) is 3.10. The summed E-state index contributed by atoms with van der Waals surface area (Å²) in [5, 5.41) is 6.58. The number of rotatable bonds is 1. The van der Waals surface area contributed by atoms with Gasteiger partial charge in [-0.15, -0.1) is 0 Å². The van der Waals surface area contributed by atoms with Gasteiger partial charge in [0.2, 0.25) is 0 Å². The number of nitrogen functional groups attached to an aromatic ring is 1. The Kier molecular flexibility index (Phi) is 2.46. The number of aryl methyl sites for hydroxylation is 4. The van der Waals surface area contributed by atoms with Crippen LogP contribution >= 0.6 is 0 Å². The van der Waals surface area contributed by atoms with Crippen molar-refractivity contribution < 1.29 is 8.83 Å². The van der Waals surface area contributed by atoms with Gasteiger partial charge < -0.3 is 14.6 Å². The molecule has 0 aliphatic carbocycles. The zero-order valence-corrected chi connectivity index (χ0v) is 13.0. The maximum Gasteiger partial charge on any atom is 0.144 e. The van der Waals surface area contributed by atoms with Gasteiger partial charge in [0.05, 0.1) is 11.3 Å². The highest BCUT2D eigenvalue weighted by Gasteiger charge is 2.21. The molecule has 5 nitrogen and oxygen atoms in total. The van der Waals surface area contributed by atoms with E-state index in [1.807, 2.05) is 39.1 Å². The van der Waals surface area contributed by atoms with Gasteiger partial charge in [0.15, 0.2) is 0 Å². The lowest BCUT2D eigenvalue weighted by Crippen LogP contribution is -1.96. The molecule has 0 bridgehead atoms. The zero-order valence-electron chi connectivity index (χ0n) is 13.0. The summed E-state index contributed by atoms with van der Waals surface area (Å²) in [6.07, 6.45) is 0. The van der Waals surface area contributed by atoms with Crippen molar-refractivity contribution in [1.82, 2.24) is 9.78 Å². The largest absolute Gasteiger partial charge is 0.461 e. The molecular formula is C17H17N3O2. The van der Waals surface area contributed by atoms with Crippen LogP contribution in [0.2, 0.25) is 0 Å². The zero-order chi connectivity index (χ0) is 15.6. The van der Waals surface area contributed by atoms with Gasteiger partial charge in [-0.25, -0.2) is 0 Å². The van der Waals surface area contributed by atoms with Crippen LogP contribution in [0.5, 0.6) is 0 Å². The maximum atomic E-state index is 5.97. The molecule has 3 heterocycles. The molecule has 3 aromatic heterocycles. The number of benzene rings is 1. The van der Waals surface area contributed by atoms with E-state index < -0.39 is 0 Å². The molecule has 0 saturated carbocycles. The topological polar surface area (TPSA) is 70.1 Å². The Morgan fingerprint density at radius 1 is 0.955 bits per heavy atom. The molecule has 0 fully saturated rings. The molecule has 0 atom stereocenters. The van der Waals surface area contributed by atoms with E-state index in [1.54, 1.807) is 4.68 Å². The Hall–Kier alpha value is -2.69. The maximum absolute atomic E-state index is 5.97. The molecule has 4 rings (SSSR count). The second kappa shape index (κ2) is 4.16. The van der Waals surface area contributed by atoms with E-state index in [0.29, 0.717) is 5.82 Å².